The van der Waals surface area contributed by atoms with Crippen molar-refractivity contribution in [1.82, 2.24) is 0 Å². The molecule has 1 aliphatic carbocycles. The lowest BCUT2D eigenvalue weighted by atomic mass is 9.83. The van der Waals surface area contributed by atoms with E-state index in [0.29, 0.717) is 5.56 Å². The monoisotopic (exact) mass is 580 g/mol. The van der Waals surface area contributed by atoms with Crippen LogP contribution in [0.3, 0.4) is 0 Å². The van der Waals surface area contributed by atoms with Crippen molar-refractivity contribution in [2.24, 2.45) is 0 Å². The number of hydrogen-bond donors (Lipinski definition) is 0. The van der Waals surface area contributed by atoms with E-state index < -0.39 is 54.4 Å². The van der Waals surface area contributed by atoms with E-state index in [4.69, 9.17) is 23.7 Å². The molecule has 9 heteroatoms. The quantitative estimate of drug-likeness (QED) is 0.244. The summed E-state index contributed by atoms with van der Waals surface area (Å²) in [4.78, 5) is 48.3. The Labute approximate surface area is 246 Å². The standard InChI is InChI=1S/C33H40O9/c1-6-23-11-13-25(14-12-23)27-10-8-7-9-24-15-16-26(17-28(24)27)30-32(40-21(4)36)33(41-22(5)37)31(39-20(3)35)29(42-30)18-38-19(2)34/h11-17,27,29-33H,6-10,18H2,1-5H3. The molecule has 42 heavy (non-hydrogen) atoms. The van der Waals surface area contributed by atoms with Gasteiger partial charge in [0.2, 0.25) is 0 Å². The highest BCUT2D eigenvalue weighted by atomic mass is 16.7. The second-order valence-corrected chi connectivity index (χ2v) is 11.0. The molecule has 0 radical (unpaired) electrons. The summed E-state index contributed by atoms with van der Waals surface area (Å²) in [5.41, 5.74) is 5.63. The van der Waals surface area contributed by atoms with Crippen LogP contribution in [0, 0.1) is 0 Å². The molecule has 226 valence electrons. The summed E-state index contributed by atoms with van der Waals surface area (Å²) in [6, 6.07) is 14.8. The molecule has 0 spiro atoms. The minimum Gasteiger partial charge on any atom is -0.463 e. The normalized spacial score (nSPS) is 25.4. The lowest BCUT2D eigenvalue weighted by Crippen LogP contribution is -2.59. The Morgan fingerprint density at radius 2 is 1.38 bits per heavy atom. The van der Waals surface area contributed by atoms with E-state index >= 15 is 0 Å². The van der Waals surface area contributed by atoms with E-state index in [2.05, 4.69) is 43.3 Å². The maximum Gasteiger partial charge on any atom is 0.303 e. The molecular formula is C33H40O9. The van der Waals surface area contributed by atoms with Gasteiger partial charge in [-0.3, -0.25) is 19.2 Å². The number of benzene rings is 2. The van der Waals surface area contributed by atoms with Gasteiger partial charge in [0.1, 0.15) is 18.8 Å². The van der Waals surface area contributed by atoms with Crippen molar-refractivity contribution >= 4 is 23.9 Å². The molecule has 1 heterocycles. The maximum atomic E-state index is 12.3. The molecule has 0 aromatic heterocycles. The third-order valence-electron chi connectivity index (χ3n) is 7.84. The van der Waals surface area contributed by atoms with Crippen LogP contribution >= 0.6 is 0 Å². The summed E-state index contributed by atoms with van der Waals surface area (Å²) in [7, 11) is 0. The van der Waals surface area contributed by atoms with Gasteiger partial charge in [0.25, 0.3) is 0 Å². The van der Waals surface area contributed by atoms with Crippen molar-refractivity contribution in [2.75, 3.05) is 6.61 Å². The fourth-order valence-electron chi connectivity index (χ4n) is 5.99. The molecule has 1 fully saturated rings. The molecule has 0 bridgehead atoms. The number of rotatable bonds is 8. The predicted octanol–water partition coefficient (Wildman–Crippen LogP) is 4.91. The SMILES string of the molecule is CCc1ccc(C2CCCCc3ccc(C4OC(COC(C)=O)C(OC(C)=O)C(OC(C)=O)C4OC(C)=O)cc32)cc1. The van der Waals surface area contributed by atoms with Crippen LogP contribution in [0.2, 0.25) is 0 Å². The molecular weight excluding hydrogens is 540 g/mol. The van der Waals surface area contributed by atoms with Gasteiger partial charge in [0, 0.05) is 33.6 Å². The fourth-order valence-corrected chi connectivity index (χ4v) is 5.99. The van der Waals surface area contributed by atoms with Crippen LogP contribution in [0.25, 0.3) is 0 Å². The number of carbonyl (C=O) groups excluding carboxylic acids is 4. The van der Waals surface area contributed by atoms with Gasteiger partial charge in [-0.05, 0) is 53.5 Å². The van der Waals surface area contributed by atoms with Gasteiger partial charge < -0.3 is 23.7 Å². The number of fused-ring (bicyclic) bond motifs is 1. The van der Waals surface area contributed by atoms with Gasteiger partial charge in [0.15, 0.2) is 18.3 Å². The molecule has 1 saturated heterocycles. The zero-order valence-electron chi connectivity index (χ0n) is 24.9. The van der Waals surface area contributed by atoms with E-state index in [9.17, 15) is 19.2 Å². The fraction of sp³-hybridized carbons (Fsp3) is 0.515. The Morgan fingerprint density at radius 3 is 2.00 bits per heavy atom. The summed E-state index contributed by atoms with van der Waals surface area (Å²) in [6.07, 6.45) is -0.346. The lowest BCUT2D eigenvalue weighted by molar-refractivity contribution is -0.254. The van der Waals surface area contributed by atoms with Crippen molar-refractivity contribution in [3.8, 4) is 0 Å². The zero-order valence-corrected chi connectivity index (χ0v) is 24.9. The molecule has 4 rings (SSSR count). The van der Waals surface area contributed by atoms with Crippen LogP contribution in [-0.2, 0) is 55.7 Å². The summed E-state index contributed by atoms with van der Waals surface area (Å²) < 4.78 is 28.6. The first kappa shape index (κ1) is 31.2. The van der Waals surface area contributed by atoms with Crippen LogP contribution in [-0.4, -0.2) is 54.9 Å². The van der Waals surface area contributed by atoms with Gasteiger partial charge in [-0.25, -0.2) is 0 Å². The van der Waals surface area contributed by atoms with E-state index in [1.807, 2.05) is 6.07 Å². The second kappa shape index (κ2) is 14.0. The van der Waals surface area contributed by atoms with Gasteiger partial charge in [0.05, 0.1) is 0 Å². The topological polar surface area (TPSA) is 114 Å². The van der Waals surface area contributed by atoms with Gasteiger partial charge in [-0.1, -0.05) is 55.8 Å². The Bertz CT molecular complexity index is 1280. The Hall–Kier alpha value is -3.72. The first-order valence-corrected chi connectivity index (χ1v) is 14.6. The minimum atomic E-state index is -1.20. The van der Waals surface area contributed by atoms with Crippen molar-refractivity contribution in [1.29, 1.82) is 0 Å². The minimum absolute atomic E-state index is 0.166. The lowest BCUT2D eigenvalue weighted by Gasteiger charge is -2.44. The van der Waals surface area contributed by atoms with Crippen molar-refractivity contribution < 1.29 is 42.9 Å². The average molecular weight is 581 g/mol. The summed E-state index contributed by atoms with van der Waals surface area (Å²) >= 11 is 0. The van der Waals surface area contributed by atoms with Crippen LogP contribution in [0.1, 0.15) is 93.7 Å². The highest BCUT2D eigenvalue weighted by molar-refractivity contribution is 5.69. The summed E-state index contributed by atoms with van der Waals surface area (Å²) in [5.74, 6) is -2.31. The molecule has 2 aromatic rings. The zero-order chi connectivity index (χ0) is 30.4. The largest absolute Gasteiger partial charge is 0.463 e. The molecule has 2 aromatic carbocycles. The van der Waals surface area contributed by atoms with Crippen LogP contribution < -0.4 is 0 Å². The molecule has 2 aliphatic rings. The molecule has 6 unspecified atom stereocenters. The summed E-state index contributed by atoms with van der Waals surface area (Å²) in [6.45, 7) is 6.81. The molecule has 1 aliphatic heterocycles. The number of aryl methyl sites for hydroxylation is 2. The van der Waals surface area contributed by atoms with Crippen molar-refractivity contribution in [3.63, 3.8) is 0 Å². The molecule has 0 saturated carbocycles. The molecule has 0 N–H and O–H groups in total. The number of esters is 4. The molecule has 6 atom stereocenters. The smallest absolute Gasteiger partial charge is 0.303 e. The predicted molar refractivity (Wildman–Crippen MR) is 153 cm³/mol. The van der Waals surface area contributed by atoms with E-state index in [-0.39, 0.29) is 12.5 Å². The highest BCUT2D eigenvalue weighted by Gasteiger charge is 2.52. The first-order valence-electron chi connectivity index (χ1n) is 14.6. The Kier molecular flexibility index (Phi) is 10.4. The van der Waals surface area contributed by atoms with Crippen LogP contribution in [0.15, 0.2) is 42.5 Å². The van der Waals surface area contributed by atoms with E-state index in [1.165, 1.54) is 49.9 Å². The van der Waals surface area contributed by atoms with E-state index in [0.717, 1.165) is 32.1 Å². The summed E-state index contributed by atoms with van der Waals surface area (Å²) in [5, 5.41) is 0. The van der Waals surface area contributed by atoms with Crippen molar-refractivity contribution in [2.45, 2.75) is 103 Å². The van der Waals surface area contributed by atoms with Crippen LogP contribution in [0.4, 0.5) is 0 Å². The molecule has 9 nitrogen and oxygen atoms in total. The Balaban J connectivity index is 1.80. The maximum absolute atomic E-state index is 12.3. The van der Waals surface area contributed by atoms with Gasteiger partial charge in [-0.15, -0.1) is 0 Å². The second-order valence-electron chi connectivity index (χ2n) is 11.0. The molecule has 0 amide bonds. The number of hydrogen-bond acceptors (Lipinski definition) is 9. The van der Waals surface area contributed by atoms with Gasteiger partial charge >= 0.3 is 23.9 Å². The number of carbonyl (C=O) groups is 4. The Morgan fingerprint density at radius 1 is 0.762 bits per heavy atom. The van der Waals surface area contributed by atoms with Gasteiger partial charge in [-0.2, -0.15) is 0 Å². The highest BCUT2D eigenvalue weighted by Crippen LogP contribution is 2.41. The van der Waals surface area contributed by atoms with Crippen LogP contribution in [0.5, 0.6) is 0 Å². The van der Waals surface area contributed by atoms with E-state index in [1.54, 1.807) is 0 Å². The first-order chi connectivity index (χ1) is 20.1. The average Bonchev–Trinajstić information content (AvgIpc) is 3.15. The third kappa shape index (κ3) is 7.56. The van der Waals surface area contributed by atoms with Crippen molar-refractivity contribution in [3.05, 3.63) is 70.3 Å². The third-order valence-corrected chi connectivity index (χ3v) is 7.84. The number of ether oxygens (including phenoxy) is 5.